The topological polar surface area (TPSA) is 38.8 Å². The van der Waals surface area contributed by atoms with Crippen molar-refractivity contribution < 1.29 is 14.3 Å². The third-order valence-corrected chi connectivity index (χ3v) is 3.82. The fourth-order valence-corrected chi connectivity index (χ4v) is 2.62. The molecule has 0 bridgehead atoms. The lowest BCUT2D eigenvalue weighted by Crippen LogP contribution is -2.46. The number of carbonyl (C=O) groups excluding carboxylic acids is 1. The SMILES string of the molecule is CC(C)(C)OC(=O)N1CCC[C@H](Oc2ccccc2Br)C1. The highest BCUT2D eigenvalue weighted by atomic mass is 79.9. The molecular formula is C16H22BrNO3. The normalized spacial score (nSPS) is 19.2. The molecule has 1 aliphatic heterocycles. The Morgan fingerprint density at radius 3 is 2.71 bits per heavy atom. The van der Waals surface area contributed by atoms with E-state index in [4.69, 9.17) is 9.47 Å². The van der Waals surface area contributed by atoms with Crippen LogP contribution in [-0.4, -0.2) is 35.8 Å². The van der Waals surface area contributed by atoms with Gasteiger partial charge in [-0.05, 0) is 61.7 Å². The zero-order valence-electron chi connectivity index (χ0n) is 12.8. The van der Waals surface area contributed by atoms with Gasteiger partial charge in [-0.15, -0.1) is 0 Å². The summed E-state index contributed by atoms with van der Waals surface area (Å²) in [4.78, 5) is 13.8. The van der Waals surface area contributed by atoms with E-state index >= 15 is 0 Å². The predicted molar refractivity (Wildman–Crippen MR) is 85.6 cm³/mol. The van der Waals surface area contributed by atoms with Crippen LogP contribution in [0, 0.1) is 0 Å². The highest BCUT2D eigenvalue weighted by Crippen LogP contribution is 2.27. The highest BCUT2D eigenvalue weighted by Gasteiger charge is 2.28. The Kier molecular flexibility index (Phi) is 5.14. The molecule has 1 fully saturated rings. The van der Waals surface area contributed by atoms with Crippen LogP contribution >= 0.6 is 15.9 Å². The number of ether oxygens (including phenoxy) is 2. The second-order valence-corrected chi connectivity index (χ2v) is 7.09. The first-order valence-corrected chi connectivity index (χ1v) is 8.03. The van der Waals surface area contributed by atoms with Crippen molar-refractivity contribution in [2.45, 2.75) is 45.3 Å². The van der Waals surface area contributed by atoms with Gasteiger partial charge in [0.15, 0.2) is 0 Å². The van der Waals surface area contributed by atoms with Gasteiger partial charge < -0.3 is 14.4 Å². The maximum Gasteiger partial charge on any atom is 0.410 e. The van der Waals surface area contributed by atoms with Crippen molar-refractivity contribution in [3.8, 4) is 5.75 Å². The fourth-order valence-electron chi connectivity index (χ4n) is 2.25. The number of hydrogen-bond donors (Lipinski definition) is 0. The zero-order chi connectivity index (χ0) is 15.5. The van der Waals surface area contributed by atoms with E-state index in [-0.39, 0.29) is 12.2 Å². The lowest BCUT2D eigenvalue weighted by Gasteiger charge is -2.34. The van der Waals surface area contributed by atoms with Gasteiger partial charge >= 0.3 is 6.09 Å². The Bertz CT molecular complexity index is 499. The fraction of sp³-hybridized carbons (Fsp3) is 0.562. The number of benzene rings is 1. The first-order valence-electron chi connectivity index (χ1n) is 7.24. The van der Waals surface area contributed by atoms with Crippen molar-refractivity contribution in [2.75, 3.05) is 13.1 Å². The number of amides is 1. The molecule has 2 rings (SSSR count). The Hall–Kier alpha value is -1.23. The summed E-state index contributed by atoms with van der Waals surface area (Å²) in [6.45, 7) is 6.93. The molecule has 0 unspecified atom stereocenters. The van der Waals surface area contributed by atoms with Crippen LogP contribution in [0.3, 0.4) is 0 Å². The Labute approximate surface area is 134 Å². The minimum absolute atomic E-state index is 0.00460. The van der Waals surface area contributed by atoms with Crippen LogP contribution in [0.4, 0.5) is 4.79 Å². The van der Waals surface area contributed by atoms with Crippen molar-refractivity contribution in [3.63, 3.8) is 0 Å². The summed E-state index contributed by atoms with van der Waals surface area (Å²) in [5.41, 5.74) is -0.465. The molecule has 21 heavy (non-hydrogen) atoms. The molecular weight excluding hydrogens is 334 g/mol. The second kappa shape index (κ2) is 6.69. The molecule has 0 N–H and O–H groups in total. The average Bonchev–Trinajstić information content (AvgIpc) is 2.40. The monoisotopic (exact) mass is 355 g/mol. The third-order valence-electron chi connectivity index (χ3n) is 3.16. The molecule has 1 amide bonds. The Morgan fingerprint density at radius 1 is 1.33 bits per heavy atom. The summed E-state index contributed by atoms with van der Waals surface area (Å²) in [5, 5.41) is 0. The predicted octanol–water partition coefficient (Wildman–Crippen LogP) is 4.23. The van der Waals surface area contributed by atoms with Gasteiger partial charge in [0.2, 0.25) is 0 Å². The van der Waals surface area contributed by atoms with Crippen LogP contribution in [-0.2, 0) is 4.74 Å². The molecule has 1 aliphatic rings. The van der Waals surface area contributed by atoms with Gasteiger partial charge in [0.1, 0.15) is 17.5 Å². The summed E-state index contributed by atoms with van der Waals surface area (Å²) in [5.74, 6) is 0.813. The molecule has 1 heterocycles. The minimum atomic E-state index is -0.465. The van der Waals surface area contributed by atoms with Crippen LogP contribution in [0.25, 0.3) is 0 Å². The van der Waals surface area contributed by atoms with Crippen molar-refractivity contribution in [3.05, 3.63) is 28.7 Å². The van der Waals surface area contributed by atoms with Gasteiger partial charge in [-0.2, -0.15) is 0 Å². The van der Waals surface area contributed by atoms with E-state index in [0.29, 0.717) is 6.54 Å². The summed E-state index contributed by atoms with van der Waals surface area (Å²) in [6.07, 6.45) is 1.61. The van der Waals surface area contributed by atoms with Crippen molar-refractivity contribution in [1.82, 2.24) is 4.90 Å². The van der Waals surface area contributed by atoms with Crippen LogP contribution in [0.5, 0.6) is 5.75 Å². The van der Waals surface area contributed by atoms with Gasteiger partial charge in [0.05, 0.1) is 11.0 Å². The highest BCUT2D eigenvalue weighted by molar-refractivity contribution is 9.10. The number of para-hydroxylation sites is 1. The van der Waals surface area contributed by atoms with Crippen LogP contribution in [0.1, 0.15) is 33.6 Å². The van der Waals surface area contributed by atoms with Gasteiger partial charge in [0.25, 0.3) is 0 Å². The summed E-state index contributed by atoms with van der Waals surface area (Å²) >= 11 is 3.48. The van der Waals surface area contributed by atoms with Gasteiger partial charge in [-0.1, -0.05) is 12.1 Å². The Balaban J connectivity index is 1.95. The van der Waals surface area contributed by atoms with Crippen molar-refractivity contribution in [1.29, 1.82) is 0 Å². The molecule has 5 heteroatoms. The smallest absolute Gasteiger partial charge is 0.410 e. The van der Waals surface area contributed by atoms with Crippen molar-refractivity contribution >= 4 is 22.0 Å². The largest absolute Gasteiger partial charge is 0.487 e. The second-order valence-electron chi connectivity index (χ2n) is 6.24. The molecule has 1 atom stereocenters. The van der Waals surface area contributed by atoms with Gasteiger partial charge in [-0.3, -0.25) is 0 Å². The zero-order valence-corrected chi connectivity index (χ0v) is 14.4. The third kappa shape index (κ3) is 4.92. The average molecular weight is 356 g/mol. The van der Waals surface area contributed by atoms with Gasteiger partial charge in [0, 0.05) is 6.54 Å². The molecule has 0 aromatic heterocycles. The number of rotatable bonds is 2. The summed E-state index contributed by atoms with van der Waals surface area (Å²) < 4.78 is 12.4. The Morgan fingerprint density at radius 2 is 2.05 bits per heavy atom. The maximum absolute atomic E-state index is 12.1. The van der Waals surface area contributed by atoms with Crippen LogP contribution < -0.4 is 4.74 Å². The molecule has 0 aliphatic carbocycles. The van der Waals surface area contributed by atoms with E-state index < -0.39 is 5.60 Å². The van der Waals surface area contributed by atoms with E-state index in [1.165, 1.54) is 0 Å². The molecule has 1 saturated heterocycles. The van der Waals surface area contributed by atoms with E-state index in [9.17, 15) is 4.79 Å². The number of carbonyl (C=O) groups is 1. The quantitative estimate of drug-likeness (QED) is 0.796. The molecule has 4 nitrogen and oxygen atoms in total. The summed E-state index contributed by atoms with van der Waals surface area (Å²) in [6, 6.07) is 7.76. The molecule has 0 spiro atoms. The van der Waals surface area contributed by atoms with E-state index in [0.717, 1.165) is 29.6 Å². The number of halogens is 1. The standard InChI is InChI=1S/C16H22BrNO3/c1-16(2,3)21-15(19)18-10-6-7-12(11-18)20-14-9-5-4-8-13(14)17/h4-5,8-9,12H,6-7,10-11H2,1-3H3/t12-/m0/s1. The van der Waals surface area contributed by atoms with E-state index in [1.807, 2.05) is 45.0 Å². The molecule has 1 aromatic carbocycles. The number of piperidine rings is 1. The van der Waals surface area contributed by atoms with Crippen LogP contribution in [0.15, 0.2) is 28.7 Å². The lowest BCUT2D eigenvalue weighted by atomic mass is 10.1. The lowest BCUT2D eigenvalue weighted by molar-refractivity contribution is 0.00768. The van der Waals surface area contributed by atoms with Crippen LogP contribution in [0.2, 0.25) is 0 Å². The summed E-state index contributed by atoms with van der Waals surface area (Å²) in [7, 11) is 0. The maximum atomic E-state index is 12.1. The van der Waals surface area contributed by atoms with Crippen molar-refractivity contribution in [2.24, 2.45) is 0 Å². The molecule has 1 aromatic rings. The molecule has 116 valence electrons. The van der Waals surface area contributed by atoms with E-state index in [1.54, 1.807) is 4.90 Å². The number of hydrogen-bond acceptors (Lipinski definition) is 3. The first-order chi connectivity index (χ1) is 9.85. The first kappa shape index (κ1) is 16.1. The van der Waals surface area contributed by atoms with Gasteiger partial charge in [-0.25, -0.2) is 4.79 Å². The minimum Gasteiger partial charge on any atom is -0.487 e. The number of nitrogens with zero attached hydrogens (tertiary/aromatic N) is 1. The number of likely N-dealkylation sites (tertiary alicyclic amines) is 1. The van der Waals surface area contributed by atoms with E-state index in [2.05, 4.69) is 15.9 Å². The molecule has 0 saturated carbocycles. The molecule has 0 radical (unpaired) electrons.